The molecule has 30 heavy (non-hydrogen) atoms. The Morgan fingerprint density at radius 1 is 0.833 bits per heavy atom. The van der Waals surface area contributed by atoms with Crippen molar-refractivity contribution in [1.82, 2.24) is 14.9 Å². The number of nitrogens with zero attached hydrogens (tertiary/aromatic N) is 5. The highest BCUT2D eigenvalue weighted by Crippen LogP contribution is 2.49. The van der Waals surface area contributed by atoms with Crippen molar-refractivity contribution in [1.29, 1.82) is 0 Å². The molecule has 0 bridgehead atoms. The number of piperazine rings is 1. The van der Waals surface area contributed by atoms with Crippen LogP contribution in [0.5, 0.6) is 0 Å². The summed E-state index contributed by atoms with van der Waals surface area (Å²) in [6.07, 6.45) is 7.09. The molecule has 3 fully saturated rings. The molecule has 1 aliphatic carbocycles. The summed E-state index contributed by atoms with van der Waals surface area (Å²) >= 11 is 0. The lowest BCUT2D eigenvalue weighted by molar-refractivity contribution is -0.134. The first-order chi connectivity index (χ1) is 14.7. The number of aromatic nitrogens is 2. The first-order valence-electron chi connectivity index (χ1n) is 11.0. The van der Waals surface area contributed by atoms with Crippen molar-refractivity contribution in [2.75, 3.05) is 49.1 Å². The maximum Gasteiger partial charge on any atom is 0.233 e. The van der Waals surface area contributed by atoms with Crippen molar-refractivity contribution in [2.24, 2.45) is 0 Å². The van der Waals surface area contributed by atoms with E-state index in [0.717, 1.165) is 56.2 Å². The van der Waals surface area contributed by atoms with Gasteiger partial charge in [0, 0.05) is 45.3 Å². The molecule has 0 atom stereocenters. The second-order valence-electron chi connectivity index (χ2n) is 8.65. The van der Waals surface area contributed by atoms with E-state index in [-0.39, 0.29) is 11.7 Å². The molecule has 1 amide bonds. The number of rotatable bonds is 4. The van der Waals surface area contributed by atoms with Gasteiger partial charge in [0.1, 0.15) is 23.8 Å². The van der Waals surface area contributed by atoms with E-state index in [1.54, 1.807) is 18.5 Å². The summed E-state index contributed by atoms with van der Waals surface area (Å²) in [5.74, 6) is 1.87. The zero-order chi connectivity index (χ0) is 20.6. The van der Waals surface area contributed by atoms with Crippen molar-refractivity contribution < 1.29 is 9.18 Å². The van der Waals surface area contributed by atoms with Crippen molar-refractivity contribution >= 4 is 17.5 Å². The number of carbonyl (C=O) groups excluding carboxylic acids is 1. The minimum absolute atomic E-state index is 0.186. The molecule has 3 aliphatic rings. The quantitative estimate of drug-likeness (QED) is 0.777. The predicted molar refractivity (Wildman–Crippen MR) is 114 cm³/mol. The lowest BCUT2D eigenvalue weighted by Crippen LogP contribution is -2.51. The third kappa shape index (κ3) is 3.61. The fourth-order valence-corrected chi connectivity index (χ4v) is 4.77. The number of hydrogen-bond acceptors (Lipinski definition) is 5. The summed E-state index contributed by atoms with van der Waals surface area (Å²) in [4.78, 5) is 28.8. The lowest BCUT2D eigenvalue weighted by Gasteiger charge is -2.37. The van der Waals surface area contributed by atoms with E-state index >= 15 is 0 Å². The monoisotopic (exact) mass is 409 g/mol. The fourth-order valence-electron chi connectivity index (χ4n) is 4.77. The second-order valence-corrected chi connectivity index (χ2v) is 8.65. The van der Waals surface area contributed by atoms with E-state index in [1.807, 2.05) is 4.90 Å². The van der Waals surface area contributed by atoms with Gasteiger partial charge >= 0.3 is 0 Å². The van der Waals surface area contributed by atoms with Gasteiger partial charge in [-0.25, -0.2) is 14.4 Å². The summed E-state index contributed by atoms with van der Waals surface area (Å²) in [6, 6.07) is 8.52. The van der Waals surface area contributed by atoms with Crippen LogP contribution in [0.4, 0.5) is 16.0 Å². The highest BCUT2D eigenvalue weighted by molar-refractivity contribution is 5.91. The van der Waals surface area contributed by atoms with Crippen LogP contribution in [0.1, 0.15) is 37.7 Å². The predicted octanol–water partition coefficient (Wildman–Crippen LogP) is 2.99. The Hall–Kier alpha value is -2.70. The number of halogens is 1. The van der Waals surface area contributed by atoms with Crippen LogP contribution in [-0.2, 0) is 10.2 Å². The number of hydrogen-bond donors (Lipinski definition) is 0. The minimum Gasteiger partial charge on any atom is -0.356 e. The second kappa shape index (κ2) is 7.85. The van der Waals surface area contributed by atoms with Gasteiger partial charge in [-0.3, -0.25) is 4.79 Å². The van der Waals surface area contributed by atoms with Gasteiger partial charge in [0.05, 0.1) is 5.41 Å². The molecule has 1 aromatic carbocycles. The van der Waals surface area contributed by atoms with Crippen LogP contribution in [-0.4, -0.2) is 60.0 Å². The van der Waals surface area contributed by atoms with Gasteiger partial charge in [0.2, 0.25) is 5.91 Å². The molecule has 2 aromatic rings. The Labute approximate surface area is 176 Å². The lowest BCUT2D eigenvalue weighted by atomic mass is 9.94. The van der Waals surface area contributed by atoms with E-state index in [0.29, 0.717) is 13.1 Å². The first kappa shape index (κ1) is 19.3. The molecule has 0 spiro atoms. The van der Waals surface area contributed by atoms with Crippen LogP contribution in [0.2, 0.25) is 0 Å². The van der Waals surface area contributed by atoms with Crippen LogP contribution >= 0.6 is 0 Å². The molecule has 0 radical (unpaired) electrons. The van der Waals surface area contributed by atoms with Crippen molar-refractivity contribution in [3.63, 3.8) is 0 Å². The van der Waals surface area contributed by atoms with Crippen LogP contribution in [0.25, 0.3) is 0 Å². The van der Waals surface area contributed by atoms with E-state index in [4.69, 9.17) is 0 Å². The molecule has 6 nitrogen and oxygen atoms in total. The molecule has 5 rings (SSSR count). The zero-order valence-corrected chi connectivity index (χ0v) is 17.3. The van der Waals surface area contributed by atoms with Crippen molar-refractivity contribution in [3.05, 3.63) is 48.0 Å². The first-order valence-corrected chi connectivity index (χ1v) is 11.0. The molecule has 2 aliphatic heterocycles. The van der Waals surface area contributed by atoms with Gasteiger partial charge in [0.15, 0.2) is 0 Å². The maximum atomic E-state index is 13.3. The topological polar surface area (TPSA) is 52.6 Å². The molecular weight excluding hydrogens is 381 g/mol. The van der Waals surface area contributed by atoms with Gasteiger partial charge in [-0.05, 0) is 49.8 Å². The van der Waals surface area contributed by atoms with Crippen molar-refractivity contribution in [3.8, 4) is 0 Å². The number of piperidine rings is 1. The Morgan fingerprint density at radius 2 is 1.43 bits per heavy atom. The maximum absolute atomic E-state index is 13.3. The number of benzene rings is 1. The Morgan fingerprint density at radius 3 is 2.03 bits per heavy atom. The van der Waals surface area contributed by atoms with Gasteiger partial charge in [0.25, 0.3) is 0 Å². The van der Waals surface area contributed by atoms with Crippen LogP contribution in [0.15, 0.2) is 36.7 Å². The minimum atomic E-state index is -0.438. The number of carbonyl (C=O) groups is 1. The van der Waals surface area contributed by atoms with Gasteiger partial charge in [-0.2, -0.15) is 0 Å². The van der Waals surface area contributed by atoms with Crippen LogP contribution < -0.4 is 9.80 Å². The fraction of sp³-hybridized carbons (Fsp3) is 0.522. The number of anilines is 2. The number of amides is 1. The third-order valence-electron chi connectivity index (χ3n) is 6.77. The molecule has 7 heteroatoms. The highest BCUT2D eigenvalue weighted by Gasteiger charge is 2.53. The summed E-state index contributed by atoms with van der Waals surface area (Å²) < 4.78 is 13.3. The van der Waals surface area contributed by atoms with Gasteiger partial charge in [-0.1, -0.05) is 12.1 Å². The Balaban J connectivity index is 1.23. The molecule has 2 saturated heterocycles. The molecule has 1 saturated carbocycles. The van der Waals surface area contributed by atoms with Crippen molar-refractivity contribution in [2.45, 2.75) is 37.5 Å². The van der Waals surface area contributed by atoms with E-state index in [2.05, 4.69) is 25.8 Å². The summed E-state index contributed by atoms with van der Waals surface area (Å²) in [5, 5.41) is 0. The SMILES string of the molecule is O=C(N1CCN(c2cc(N3CCCCC3)ncn2)CC1)C1(c2ccc(F)cc2)CC1. The molecular formula is C23H28FN5O. The summed E-state index contributed by atoms with van der Waals surface area (Å²) in [7, 11) is 0. The zero-order valence-electron chi connectivity index (χ0n) is 17.3. The van der Waals surface area contributed by atoms with Crippen LogP contribution in [0.3, 0.4) is 0 Å². The third-order valence-corrected chi connectivity index (χ3v) is 6.77. The van der Waals surface area contributed by atoms with Gasteiger partial charge < -0.3 is 14.7 Å². The molecule has 1 aromatic heterocycles. The Kier molecular flexibility index (Phi) is 5.05. The average molecular weight is 410 g/mol. The van der Waals surface area contributed by atoms with Crippen LogP contribution in [0, 0.1) is 5.82 Å². The summed E-state index contributed by atoms with van der Waals surface area (Å²) in [6.45, 7) is 5.02. The standard InChI is InChI=1S/C23H28FN5O/c24-19-6-4-18(5-7-19)23(8-9-23)22(30)29-14-12-28(13-15-29)21-16-20(25-17-26-21)27-10-2-1-3-11-27/h4-7,16-17H,1-3,8-15H2. The van der Waals surface area contributed by atoms with E-state index < -0.39 is 5.41 Å². The average Bonchev–Trinajstić information content (AvgIpc) is 3.62. The molecule has 0 N–H and O–H groups in total. The smallest absolute Gasteiger partial charge is 0.233 e. The molecule has 3 heterocycles. The van der Waals surface area contributed by atoms with E-state index in [9.17, 15) is 9.18 Å². The normalized spacial score (nSPS) is 20.9. The largest absolute Gasteiger partial charge is 0.356 e. The van der Waals surface area contributed by atoms with Gasteiger partial charge in [-0.15, -0.1) is 0 Å². The Bertz CT molecular complexity index is 900. The van der Waals surface area contributed by atoms with E-state index in [1.165, 1.54) is 31.4 Å². The molecule has 0 unspecified atom stereocenters. The summed E-state index contributed by atoms with van der Waals surface area (Å²) in [5.41, 5.74) is 0.505. The molecule has 158 valence electrons. The highest BCUT2D eigenvalue weighted by atomic mass is 19.1.